The van der Waals surface area contributed by atoms with E-state index in [2.05, 4.69) is 0 Å². The summed E-state index contributed by atoms with van der Waals surface area (Å²) in [5.74, 6) is -2.10. The summed E-state index contributed by atoms with van der Waals surface area (Å²) < 4.78 is 4.77. The number of hydrogen-bond acceptors (Lipinski definition) is 4. The Labute approximate surface area is 70.8 Å². The van der Waals surface area contributed by atoms with Gasteiger partial charge in [0.05, 0.1) is 5.97 Å². The monoisotopic (exact) mass is 171 g/mol. The summed E-state index contributed by atoms with van der Waals surface area (Å²) in [6.07, 6.45) is 1.45. The number of carboxylic acid groups (broad SMARTS) is 1. The average Bonchev–Trinajstić information content (AvgIpc) is 1.79. The molecule has 0 unspecified atom stereocenters. The second-order valence-corrected chi connectivity index (χ2v) is 3.19. The summed E-state index contributed by atoms with van der Waals surface area (Å²) in [6, 6.07) is 0. The lowest BCUT2D eigenvalue weighted by molar-refractivity contribution is -0.297. The molecule has 12 heavy (non-hydrogen) atoms. The Morgan fingerprint density at radius 2 is 1.75 bits per heavy atom. The molecule has 0 heterocycles. The zero-order valence-electron chi connectivity index (χ0n) is 7.29. The lowest BCUT2D eigenvalue weighted by Gasteiger charge is -2.17. The quantitative estimate of drug-likeness (QED) is 0.420. The molecule has 4 heteroatoms. The van der Waals surface area contributed by atoms with E-state index in [1.165, 1.54) is 0 Å². The molecule has 0 spiro atoms. The van der Waals surface area contributed by atoms with Gasteiger partial charge >= 0.3 is 5.97 Å². The van der Waals surface area contributed by atoms with Gasteiger partial charge in [0, 0.05) is 6.08 Å². The topological polar surface area (TPSA) is 66.4 Å². The Bertz CT molecular complexity index is 210. The van der Waals surface area contributed by atoms with E-state index < -0.39 is 17.5 Å². The van der Waals surface area contributed by atoms with Crippen molar-refractivity contribution in [2.75, 3.05) is 0 Å². The molecule has 68 valence electrons. The van der Waals surface area contributed by atoms with E-state index in [0.29, 0.717) is 6.08 Å². The standard InChI is InChI=1S/C8H12O4/c1-8(2,3)12-7(11)5-4-6(9)10/h4-5H,1-3H3,(H,9,10)/p-1. The molecule has 0 saturated heterocycles. The van der Waals surface area contributed by atoms with Gasteiger partial charge in [0.1, 0.15) is 5.60 Å². The molecule has 0 aliphatic rings. The lowest BCUT2D eigenvalue weighted by Crippen LogP contribution is -2.24. The van der Waals surface area contributed by atoms with Crippen LogP contribution in [-0.2, 0) is 14.3 Å². The largest absolute Gasteiger partial charge is 0.545 e. The fraction of sp³-hybridized carbons (Fsp3) is 0.500. The zero-order chi connectivity index (χ0) is 9.78. The Hall–Kier alpha value is -1.32. The number of carbonyl (C=O) groups excluding carboxylic acids is 2. The van der Waals surface area contributed by atoms with Crippen LogP contribution in [-0.4, -0.2) is 17.5 Å². The van der Waals surface area contributed by atoms with Crippen molar-refractivity contribution in [3.63, 3.8) is 0 Å². The number of carboxylic acids is 1. The predicted molar refractivity (Wildman–Crippen MR) is 40.0 cm³/mol. The lowest BCUT2D eigenvalue weighted by atomic mass is 10.2. The van der Waals surface area contributed by atoms with Gasteiger partial charge in [-0.25, -0.2) is 4.79 Å². The Kier molecular flexibility index (Phi) is 3.47. The molecule has 0 aromatic rings. The maximum Gasteiger partial charge on any atom is 0.331 e. The van der Waals surface area contributed by atoms with E-state index in [0.717, 1.165) is 6.08 Å². The van der Waals surface area contributed by atoms with Crippen LogP contribution in [0.15, 0.2) is 12.2 Å². The van der Waals surface area contributed by atoms with Gasteiger partial charge in [0.2, 0.25) is 0 Å². The minimum absolute atomic E-state index is 0.604. The molecule has 0 amide bonds. The fourth-order valence-electron chi connectivity index (χ4n) is 0.472. The smallest absolute Gasteiger partial charge is 0.331 e. The molecule has 0 fully saturated rings. The van der Waals surface area contributed by atoms with Crippen LogP contribution < -0.4 is 5.11 Å². The maximum absolute atomic E-state index is 10.8. The van der Waals surface area contributed by atoms with Gasteiger partial charge in [-0.1, -0.05) is 0 Å². The molecular weight excluding hydrogens is 160 g/mol. The van der Waals surface area contributed by atoms with Crippen molar-refractivity contribution in [2.45, 2.75) is 26.4 Å². The normalized spacial score (nSPS) is 11.6. The number of ether oxygens (including phenoxy) is 1. The Morgan fingerprint density at radius 1 is 1.25 bits per heavy atom. The van der Waals surface area contributed by atoms with Gasteiger partial charge in [-0.2, -0.15) is 0 Å². The molecule has 4 nitrogen and oxygen atoms in total. The molecule has 0 rings (SSSR count). The Morgan fingerprint density at radius 3 is 2.08 bits per heavy atom. The van der Waals surface area contributed by atoms with E-state index in [1.54, 1.807) is 20.8 Å². The molecule has 0 radical (unpaired) electrons. The maximum atomic E-state index is 10.8. The van der Waals surface area contributed by atoms with Gasteiger partial charge in [-0.15, -0.1) is 0 Å². The predicted octanol–water partition coefficient (Wildman–Crippen LogP) is -0.366. The molecule has 0 aliphatic heterocycles. The van der Waals surface area contributed by atoms with Crippen molar-refractivity contribution in [1.29, 1.82) is 0 Å². The van der Waals surface area contributed by atoms with Crippen molar-refractivity contribution in [1.82, 2.24) is 0 Å². The van der Waals surface area contributed by atoms with Crippen molar-refractivity contribution >= 4 is 11.9 Å². The molecule has 0 atom stereocenters. The third-order valence-corrected chi connectivity index (χ3v) is 0.762. The summed E-state index contributed by atoms with van der Waals surface area (Å²) in [7, 11) is 0. The Balaban J connectivity index is 3.99. The highest BCUT2D eigenvalue weighted by molar-refractivity contribution is 5.90. The third-order valence-electron chi connectivity index (χ3n) is 0.762. The minimum Gasteiger partial charge on any atom is -0.545 e. The number of rotatable bonds is 2. The SMILES string of the molecule is CC(C)(C)OC(=O)C=CC(=O)[O-]. The number of hydrogen-bond donors (Lipinski definition) is 0. The number of aliphatic carboxylic acids is 1. The fourth-order valence-corrected chi connectivity index (χ4v) is 0.472. The van der Waals surface area contributed by atoms with Crippen LogP contribution in [0, 0.1) is 0 Å². The van der Waals surface area contributed by atoms with Crippen LogP contribution in [0.5, 0.6) is 0 Å². The molecular formula is C8H11O4-. The summed E-state index contributed by atoms with van der Waals surface area (Å²) >= 11 is 0. The van der Waals surface area contributed by atoms with E-state index >= 15 is 0 Å². The van der Waals surface area contributed by atoms with Crippen LogP contribution in [0.2, 0.25) is 0 Å². The molecule has 0 aliphatic carbocycles. The first-order valence-corrected chi connectivity index (χ1v) is 3.43. The van der Waals surface area contributed by atoms with Crippen molar-refractivity contribution < 1.29 is 19.4 Å². The van der Waals surface area contributed by atoms with Crippen LogP contribution in [0.3, 0.4) is 0 Å². The van der Waals surface area contributed by atoms with E-state index in [1.807, 2.05) is 0 Å². The second-order valence-electron chi connectivity index (χ2n) is 3.19. The van der Waals surface area contributed by atoms with Crippen LogP contribution >= 0.6 is 0 Å². The van der Waals surface area contributed by atoms with Crippen molar-refractivity contribution in [2.24, 2.45) is 0 Å². The van der Waals surface area contributed by atoms with Gasteiger partial charge in [0.15, 0.2) is 0 Å². The van der Waals surface area contributed by atoms with Gasteiger partial charge < -0.3 is 14.6 Å². The number of carbonyl (C=O) groups is 2. The molecule has 0 aromatic heterocycles. The second kappa shape index (κ2) is 3.90. The molecule has 0 aromatic carbocycles. The highest BCUT2D eigenvalue weighted by Gasteiger charge is 2.13. The summed E-state index contributed by atoms with van der Waals surface area (Å²) in [4.78, 5) is 20.6. The van der Waals surface area contributed by atoms with Gasteiger partial charge in [0.25, 0.3) is 0 Å². The first-order valence-electron chi connectivity index (χ1n) is 3.43. The minimum atomic E-state index is -1.42. The van der Waals surface area contributed by atoms with Crippen molar-refractivity contribution in [3.8, 4) is 0 Å². The third kappa shape index (κ3) is 6.80. The first-order chi connectivity index (χ1) is 5.31. The highest BCUT2D eigenvalue weighted by Crippen LogP contribution is 2.06. The average molecular weight is 171 g/mol. The van der Waals surface area contributed by atoms with Gasteiger partial charge in [-0.05, 0) is 26.8 Å². The molecule has 0 N–H and O–H groups in total. The van der Waals surface area contributed by atoms with Gasteiger partial charge in [-0.3, -0.25) is 0 Å². The summed E-state index contributed by atoms with van der Waals surface area (Å²) in [5, 5.41) is 9.86. The van der Waals surface area contributed by atoms with E-state index in [4.69, 9.17) is 4.74 Å². The van der Waals surface area contributed by atoms with E-state index in [-0.39, 0.29) is 0 Å². The highest BCUT2D eigenvalue weighted by atomic mass is 16.6. The summed E-state index contributed by atoms with van der Waals surface area (Å²) in [5.41, 5.74) is -0.604. The van der Waals surface area contributed by atoms with Crippen molar-refractivity contribution in [3.05, 3.63) is 12.2 Å². The molecule has 0 bridgehead atoms. The first kappa shape index (κ1) is 10.7. The van der Waals surface area contributed by atoms with Crippen LogP contribution in [0.4, 0.5) is 0 Å². The van der Waals surface area contributed by atoms with Crippen LogP contribution in [0.25, 0.3) is 0 Å². The van der Waals surface area contributed by atoms with E-state index in [9.17, 15) is 14.7 Å². The number of esters is 1. The molecule has 0 saturated carbocycles. The zero-order valence-corrected chi connectivity index (χ0v) is 7.29. The van der Waals surface area contributed by atoms with Crippen LogP contribution in [0.1, 0.15) is 20.8 Å². The summed E-state index contributed by atoms with van der Waals surface area (Å²) in [6.45, 7) is 5.08.